The molecule has 0 radical (unpaired) electrons. The van der Waals surface area contributed by atoms with Crippen LogP contribution < -0.4 is 5.73 Å². The number of carbonyl (C=O) groups excluding carboxylic acids is 1. The zero-order valence-corrected chi connectivity index (χ0v) is 13.1. The Labute approximate surface area is 128 Å². The van der Waals surface area contributed by atoms with Crippen LogP contribution in [-0.2, 0) is 4.74 Å². The molecule has 2 rings (SSSR count). The lowest BCUT2D eigenvalue weighted by atomic mass is 10.0. The lowest BCUT2D eigenvalue weighted by Gasteiger charge is -2.09. The predicted molar refractivity (Wildman–Crippen MR) is 84.6 cm³/mol. The van der Waals surface area contributed by atoms with Crippen LogP contribution in [0.15, 0.2) is 46.5 Å². The van der Waals surface area contributed by atoms with E-state index in [0.29, 0.717) is 22.2 Å². The molecule has 4 nitrogen and oxygen atoms in total. The average Bonchev–Trinajstić information content (AvgIpc) is 2.49. The van der Waals surface area contributed by atoms with E-state index in [1.165, 1.54) is 24.4 Å². The number of anilines is 1. The molecule has 2 N–H and O–H groups in total. The summed E-state index contributed by atoms with van der Waals surface area (Å²) in [5.41, 5.74) is 7.97. The Morgan fingerprint density at radius 3 is 2.48 bits per heavy atom. The summed E-state index contributed by atoms with van der Waals surface area (Å²) in [6.07, 6.45) is 1.56. The molecule has 1 aromatic heterocycles. The van der Waals surface area contributed by atoms with Gasteiger partial charge in [0.1, 0.15) is 5.03 Å². The number of rotatable bonds is 4. The van der Waals surface area contributed by atoms with Gasteiger partial charge in [-0.15, -0.1) is 0 Å². The average molecular weight is 302 g/mol. The van der Waals surface area contributed by atoms with Crippen LogP contribution in [0.3, 0.4) is 0 Å². The number of hydrogen-bond acceptors (Lipinski definition) is 5. The van der Waals surface area contributed by atoms with Crippen LogP contribution >= 0.6 is 11.8 Å². The summed E-state index contributed by atoms with van der Waals surface area (Å²) >= 11 is 1.43. The Kier molecular flexibility index (Phi) is 4.85. The van der Waals surface area contributed by atoms with Crippen molar-refractivity contribution in [1.29, 1.82) is 0 Å². The quantitative estimate of drug-likeness (QED) is 0.872. The molecule has 21 heavy (non-hydrogen) atoms. The van der Waals surface area contributed by atoms with Gasteiger partial charge in [-0.25, -0.2) is 9.78 Å². The number of esters is 1. The second-order valence-electron chi connectivity index (χ2n) is 4.89. The lowest BCUT2D eigenvalue weighted by molar-refractivity contribution is 0.0601. The highest BCUT2D eigenvalue weighted by atomic mass is 32.2. The Bertz CT molecular complexity index is 639. The molecule has 0 aliphatic rings. The Morgan fingerprint density at radius 2 is 1.90 bits per heavy atom. The number of ether oxygens (including phenoxy) is 1. The summed E-state index contributed by atoms with van der Waals surface area (Å²) < 4.78 is 4.71. The third-order valence-electron chi connectivity index (χ3n) is 3.12. The Morgan fingerprint density at radius 1 is 1.24 bits per heavy atom. The summed E-state index contributed by atoms with van der Waals surface area (Å²) in [6, 6.07) is 9.81. The number of aromatic nitrogens is 1. The Balaban J connectivity index is 2.25. The van der Waals surface area contributed by atoms with E-state index in [2.05, 4.69) is 31.0 Å². The largest absolute Gasteiger partial charge is 0.465 e. The molecular formula is C16H18N2O2S. The molecule has 0 aliphatic carbocycles. The van der Waals surface area contributed by atoms with Gasteiger partial charge in [0.2, 0.25) is 0 Å². The summed E-state index contributed by atoms with van der Waals surface area (Å²) in [7, 11) is 1.33. The second-order valence-corrected chi connectivity index (χ2v) is 5.96. The van der Waals surface area contributed by atoms with Crippen LogP contribution in [0.25, 0.3) is 0 Å². The number of benzene rings is 1. The highest BCUT2D eigenvalue weighted by Gasteiger charge is 2.14. The van der Waals surface area contributed by atoms with Gasteiger partial charge in [-0.05, 0) is 29.7 Å². The van der Waals surface area contributed by atoms with Crippen LogP contribution in [-0.4, -0.2) is 18.1 Å². The lowest BCUT2D eigenvalue weighted by Crippen LogP contribution is -2.07. The first kappa shape index (κ1) is 15.4. The summed E-state index contributed by atoms with van der Waals surface area (Å²) in [5.74, 6) is 0.0433. The molecule has 0 amide bonds. The van der Waals surface area contributed by atoms with Crippen LogP contribution in [0.5, 0.6) is 0 Å². The first-order valence-electron chi connectivity index (χ1n) is 6.63. The molecule has 110 valence electrons. The van der Waals surface area contributed by atoms with Gasteiger partial charge in [0.15, 0.2) is 0 Å². The van der Waals surface area contributed by atoms with Crippen LogP contribution in [0.4, 0.5) is 5.69 Å². The van der Waals surface area contributed by atoms with Gasteiger partial charge in [-0.3, -0.25) is 0 Å². The van der Waals surface area contributed by atoms with Crippen molar-refractivity contribution in [2.24, 2.45) is 0 Å². The molecule has 0 saturated heterocycles. The monoisotopic (exact) mass is 302 g/mol. The van der Waals surface area contributed by atoms with Crippen molar-refractivity contribution in [3.8, 4) is 0 Å². The Hall–Kier alpha value is -2.01. The van der Waals surface area contributed by atoms with Crippen molar-refractivity contribution in [2.75, 3.05) is 12.8 Å². The standard InChI is InChI=1S/C16H18N2O2S/c1-10(2)11-4-6-12(7-5-11)21-15-14(17)13(8-9-18-15)16(19)20-3/h4-10H,17H2,1-3H3. The van der Waals surface area contributed by atoms with Gasteiger partial charge in [-0.1, -0.05) is 37.7 Å². The fourth-order valence-electron chi connectivity index (χ4n) is 1.86. The highest BCUT2D eigenvalue weighted by Crippen LogP contribution is 2.32. The molecule has 0 bridgehead atoms. The molecular weight excluding hydrogens is 284 g/mol. The van der Waals surface area contributed by atoms with Crippen molar-refractivity contribution in [3.63, 3.8) is 0 Å². The second kappa shape index (κ2) is 6.63. The molecule has 1 heterocycles. The van der Waals surface area contributed by atoms with Crippen molar-refractivity contribution < 1.29 is 9.53 Å². The first-order valence-corrected chi connectivity index (χ1v) is 7.45. The van der Waals surface area contributed by atoms with Crippen molar-refractivity contribution in [3.05, 3.63) is 47.7 Å². The molecule has 0 fully saturated rings. The third kappa shape index (κ3) is 3.55. The topological polar surface area (TPSA) is 65.2 Å². The number of hydrogen-bond donors (Lipinski definition) is 1. The van der Waals surface area contributed by atoms with Gasteiger partial charge in [-0.2, -0.15) is 0 Å². The molecule has 2 aromatic rings. The van der Waals surface area contributed by atoms with E-state index in [9.17, 15) is 4.79 Å². The predicted octanol–water partition coefficient (Wildman–Crippen LogP) is 3.73. The van der Waals surface area contributed by atoms with Gasteiger partial charge in [0.25, 0.3) is 0 Å². The van der Waals surface area contributed by atoms with Gasteiger partial charge in [0.05, 0.1) is 18.4 Å². The smallest absolute Gasteiger partial charge is 0.340 e. The zero-order chi connectivity index (χ0) is 15.4. The summed E-state index contributed by atoms with van der Waals surface area (Å²) in [6.45, 7) is 4.31. The first-order chi connectivity index (χ1) is 10.0. The van der Waals surface area contributed by atoms with E-state index in [-0.39, 0.29) is 0 Å². The highest BCUT2D eigenvalue weighted by molar-refractivity contribution is 7.99. The van der Waals surface area contributed by atoms with Crippen molar-refractivity contribution >= 4 is 23.4 Å². The summed E-state index contributed by atoms with van der Waals surface area (Å²) in [4.78, 5) is 16.9. The number of pyridine rings is 1. The van der Waals surface area contributed by atoms with Crippen molar-refractivity contribution in [1.82, 2.24) is 4.98 Å². The maximum absolute atomic E-state index is 11.6. The maximum atomic E-state index is 11.6. The minimum atomic E-state index is -0.452. The number of nitrogen functional groups attached to an aromatic ring is 1. The fraction of sp³-hybridized carbons (Fsp3) is 0.250. The fourth-order valence-corrected chi connectivity index (χ4v) is 2.68. The molecule has 0 unspecified atom stereocenters. The normalized spacial score (nSPS) is 10.7. The molecule has 5 heteroatoms. The van der Waals surface area contributed by atoms with Gasteiger partial charge in [0, 0.05) is 11.1 Å². The number of nitrogens with two attached hydrogens (primary N) is 1. The SMILES string of the molecule is COC(=O)c1ccnc(Sc2ccc(C(C)C)cc2)c1N. The zero-order valence-electron chi connectivity index (χ0n) is 12.3. The van der Waals surface area contributed by atoms with E-state index < -0.39 is 5.97 Å². The van der Waals surface area contributed by atoms with E-state index in [1.54, 1.807) is 12.3 Å². The van der Waals surface area contributed by atoms with Crippen LogP contribution in [0, 0.1) is 0 Å². The van der Waals surface area contributed by atoms with E-state index in [1.807, 2.05) is 12.1 Å². The van der Waals surface area contributed by atoms with Gasteiger partial charge < -0.3 is 10.5 Å². The molecule has 0 aliphatic heterocycles. The van der Waals surface area contributed by atoms with E-state index in [4.69, 9.17) is 10.5 Å². The minimum absolute atomic E-state index is 0.341. The molecule has 0 atom stereocenters. The molecule has 0 spiro atoms. The third-order valence-corrected chi connectivity index (χ3v) is 4.15. The maximum Gasteiger partial charge on any atom is 0.340 e. The van der Waals surface area contributed by atoms with Crippen LogP contribution in [0.2, 0.25) is 0 Å². The van der Waals surface area contributed by atoms with E-state index >= 15 is 0 Å². The molecule has 0 saturated carbocycles. The number of carbonyl (C=O) groups is 1. The van der Waals surface area contributed by atoms with Crippen molar-refractivity contribution in [2.45, 2.75) is 29.7 Å². The molecule has 1 aromatic carbocycles. The van der Waals surface area contributed by atoms with E-state index in [0.717, 1.165) is 4.90 Å². The van der Waals surface area contributed by atoms with Gasteiger partial charge >= 0.3 is 5.97 Å². The number of methoxy groups -OCH3 is 1. The summed E-state index contributed by atoms with van der Waals surface area (Å²) in [5, 5.41) is 0.607. The number of nitrogens with zero attached hydrogens (tertiary/aromatic N) is 1. The van der Waals surface area contributed by atoms with Crippen LogP contribution in [0.1, 0.15) is 35.7 Å². The minimum Gasteiger partial charge on any atom is -0.465 e.